The first-order valence-electron chi connectivity index (χ1n) is 7.20. The molecule has 1 aromatic rings. The van der Waals surface area contributed by atoms with Gasteiger partial charge in [-0.05, 0) is 30.5 Å². The summed E-state index contributed by atoms with van der Waals surface area (Å²) in [5.74, 6) is -1.26. The van der Waals surface area contributed by atoms with E-state index in [0.29, 0.717) is 13.1 Å². The Hall–Kier alpha value is -1.46. The molecule has 0 saturated heterocycles. The van der Waals surface area contributed by atoms with Crippen molar-refractivity contribution in [2.75, 3.05) is 20.3 Å². The van der Waals surface area contributed by atoms with Gasteiger partial charge < -0.3 is 15.2 Å². The van der Waals surface area contributed by atoms with Crippen molar-refractivity contribution >= 4 is 5.97 Å². The summed E-state index contributed by atoms with van der Waals surface area (Å²) in [6.45, 7) is 5.37. The van der Waals surface area contributed by atoms with Gasteiger partial charge in [-0.25, -0.2) is 9.18 Å². The van der Waals surface area contributed by atoms with Crippen LogP contribution < -0.4 is 5.32 Å². The van der Waals surface area contributed by atoms with Crippen molar-refractivity contribution in [3.8, 4) is 0 Å². The van der Waals surface area contributed by atoms with Crippen molar-refractivity contribution in [3.05, 3.63) is 35.1 Å². The summed E-state index contributed by atoms with van der Waals surface area (Å²) in [5, 5.41) is 12.7. The second-order valence-electron chi connectivity index (χ2n) is 5.27. The molecule has 0 aliphatic rings. The maximum Gasteiger partial charge on any atom is 0.340 e. The fourth-order valence-corrected chi connectivity index (χ4v) is 2.20. The van der Waals surface area contributed by atoms with Gasteiger partial charge >= 0.3 is 5.97 Å². The topological polar surface area (TPSA) is 58.6 Å². The van der Waals surface area contributed by atoms with Gasteiger partial charge in [-0.1, -0.05) is 19.9 Å². The van der Waals surface area contributed by atoms with Crippen molar-refractivity contribution in [1.29, 1.82) is 0 Å². The number of aliphatic hydroxyl groups excluding tert-OH is 1. The molecule has 118 valence electrons. The number of carbonyl (C=O) groups is 1. The molecule has 0 heterocycles. The fourth-order valence-electron chi connectivity index (χ4n) is 2.20. The molecule has 0 aromatic heterocycles. The van der Waals surface area contributed by atoms with E-state index in [2.05, 4.69) is 10.1 Å². The van der Waals surface area contributed by atoms with Crippen LogP contribution in [-0.4, -0.2) is 31.3 Å². The van der Waals surface area contributed by atoms with Gasteiger partial charge in [0.25, 0.3) is 0 Å². The van der Waals surface area contributed by atoms with Crippen molar-refractivity contribution in [2.24, 2.45) is 5.41 Å². The molecule has 2 N–H and O–H groups in total. The zero-order valence-electron chi connectivity index (χ0n) is 12.9. The Balaban J connectivity index is 2.65. The summed E-state index contributed by atoms with van der Waals surface area (Å²) in [7, 11) is 1.22. The SMILES string of the molecule is CCC(CC)(CO)CNCc1ccc(C(=O)OC)c(F)c1. The van der Waals surface area contributed by atoms with Crippen LogP contribution in [0.1, 0.15) is 42.6 Å². The largest absolute Gasteiger partial charge is 0.465 e. The molecule has 0 unspecified atom stereocenters. The van der Waals surface area contributed by atoms with Gasteiger partial charge in [-0.2, -0.15) is 0 Å². The van der Waals surface area contributed by atoms with Crippen LogP contribution in [0, 0.1) is 11.2 Å². The zero-order valence-corrected chi connectivity index (χ0v) is 12.9. The van der Waals surface area contributed by atoms with Gasteiger partial charge in [0.15, 0.2) is 0 Å². The van der Waals surface area contributed by atoms with Crippen LogP contribution in [0.2, 0.25) is 0 Å². The number of rotatable bonds is 8. The summed E-state index contributed by atoms with van der Waals surface area (Å²) in [4.78, 5) is 11.3. The second kappa shape index (κ2) is 8.10. The number of benzene rings is 1. The number of hydrogen-bond donors (Lipinski definition) is 2. The normalized spacial score (nSPS) is 11.5. The van der Waals surface area contributed by atoms with Crippen LogP contribution in [0.15, 0.2) is 18.2 Å². The van der Waals surface area contributed by atoms with Crippen molar-refractivity contribution in [1.82, 2.24) is 5.32 Å². The molecule has 1 aromatic carbocycles. The highest BCUT2D eigenvalue weighted by atomic mass is 19.1. The number of ether oxygens (including phenoxy) is 1. The predicted molar refractivity (Wildman–Crippen MR) is 79.5 cm³/mol. The van der Waals surface area contributed by atoms with Gasteiger partial charge in [0, 0.05) is 25.1 Å². The lowest BCUT2D eigenvalue weighted by Gasteiger charge is -2.29. The maximum atomic E-state index is 13.8. The Labute approximate surface area is 125 Å². The van der Waals surface area contributed by atoms with E-state index in [1.54, 1.807) is 6.07 Å². The van der Waals surface area contributed by atoms with E-state index in [9.17, 15) is 14.3 Å². The van der Waals surface area contributed by atoms with E-state index in [-0.39, 0.29) is 17.6 Å². The lowest BCUT2D eigenvalue weighted by Crippen LogP contribution is -2.36. The number of aliphatic hydroxyl groups is 1. The summed E-state index contributed by atoms with van der Waals surface area (Å²) >= 11 is 0. The van der Waals surface area contributed by atoms with Crippen molar-refractivity contribution in [2.45, 2.75) is 33.2 Å². The molecule has 5 heteroatoms. The van der Waals surface area contributed by atoms with E-state index in [1.807, 2.05) is 13.8 Å². The molecule has 0 fully saturated rings. The van der Waals surface area contributed by atoms with E-state index in [0.717, 1.165) is 18.4 Å². The number of carbonyl (C=O) groups excluding carboxylic acids is 1. The highest BCUT2D eigenvalue weighted by Crippen LogP contribution is 2.24. The average molecular weight is 297 g/mol. The second-order valence-corrected chi connectivity index (χ2v) is 5.27. The Morgan fingerprint density at radius 2 is 2.05 bits per heavy atom. The highest BCUT2D eigenvalue weighted by Gasteiger charge is 2.24. The van der Waals surface area contributed by atoms with Gasteiger partial charge in [-0.15, -0.1) is 0 Å². The standard InChI is InChI=1S/C16H24FNO3/c1-4-16(5-2,11-19)10-18-9-12-6-7-13(14(17)8-12)15(20)21-3/h6-8,18-19H,4-5,9-11H2,1-3H3. The smallest absolute Gasteiger partial charge is 0.340 e. The molecule has 4 nitrogen and oxygen atoms in total. The van der Waals surface area contributed by atoms with E-state index in [4.69, 9.17) is 0 Å². The summed E-state index contributed by atoms with van der Waals surface area (Å²) in [5.41, 5.74) is 0.553. The van der Waals surface area contributed by atoms with E-state index in [1.165, 1.54) is 19.2 Å². The number of nitrogens with one attached hydrogen (secondary N) is 1. The lowest BCUT2D eigenvalue weighted by molar-refractivity contribution is 0.0595. The van der Waals surface area contributed by atoms with E-state index < -0.39 is 11.8 Å². The number of hydrogen-bond acceptors (Lipinski definition) is 4. The maximum absolute atomic E-state index is 13.8. The fraction of sp³-hybridized carbons (Fsp3) is 0.562. The minimum atomic E-state index is -0.678. The van der Waals surface area contributed by atoms with Crippen LogP contribution in [0.5, 0.6) is 0 Å². The molecule has 0 atom stereocenters. The third-order valence-corrected chi connectivity index (χ3v) is 4.10. The minimum absolute atomic E-state index is 0.0620. The first kappa shape index (κ1) is 17.6. The molecule has 0 aliphatic carbocycles. The molecule has 0 saturated carbocycles. The average Bonchev–Trinajstić information content (AvgIpc) is 2.51. The third kappa shape index (κ3) is 4.51. The Morgan fingerprint density at radius 1 is 1.38 bits per heavy atom. The van der Waals surface area contributed by atoms with Gasteiger partial charge in [-0.3, -0.25) is 0 Å². The first-order valence-corrected chi connectivity index (χ1v) is 7.20. The Kier molecular flexibility index (Phi) is 6.78. The molecule has 0 radical (unpaired) electrons. The quantitative estimate of drug-likeness (QED) is 0.724. The Morgan fingerprint density at radius 3 is 2.52 bits per heavy atom. The zero-order chi connectivity index (χ0) is 15.9. The molecular formula is C16H24FNO3. The van der Waals surface area contributed by atoms with Crippen molar-refractivity contribution in [3.63, 3.8) is 0 Å². The third-order valence-electron chi connectivity index (χ3n) is 4.10. The van der Waals surface area contributed by atoms with Crippen molar-refractivity contribution < 1.29 is 19.0 Å². The van der Waals surface area contributed by atoms with E-state index >= 15 is 0 Å². The molecule has 0 spiro atoms. The summed E-state index contributed by atoms with van der Waals surface area (Å²) < 4.78 is 18.3. The predicted octanol–water partition coefficient (Wildman–Crippen LogP) is 2.50. The minimum Gasteiger partial charge on any atom is -0.465 e. The summed E-state index contributed by atoms with van der Waals surface area (Å²) in [6, 6.07) is 4.45. The summed E-state index contributed by atoms with van der Waals surface area (Å²) in [6.07, 6.45) is 1.76. The van der Waals surface area contributed by atoms with Crippen LogP contribution in [0.4, 0.5) is 4.39 Å². The molecule has 0 aliphatic heterocycles. The lowest BCUT2D eigenvalue weighted by atomic mass is 9.83. The first-order chi connectivity index (χ1) is 10.0. The van der Waals surface area contributed by atoms with Gasteiger partial charge in [0.2, 0.25) is 0 Å². The molecular weight excluding hydrogens is 273 g/mol. The number of esters is 1. The molecule has 21 heavy (non-hydrogen) atoms. The highest BCUT2D eigenvalue weighted by molar-refractivity contribution is 5.89. The molecule has 1 rings (SSSR count). The molecule has 0 amide bonds. The van der Waals surface area contributed by atoms with Gasteiger partial charge in [0.1, 0.15) is 5.82 Å². The van der Waals surface area contributed by atoms with Crippen LogP contribution in [-0.2, 0) is 11.3 Å². The monoisotopic (exact) mass is 297 g/mol. The molecule has 0 bridgehead atoms. The van der Waals surface area contributed by atoms with Crippen LogP contribution >= 0.6 is 0 Å². The number of halogens is 1. The van der Waals surface area contributed by atoms with Crippen LogP contribution in [0.3, 0.4) is 0 Å². The van der Waals surface area contributed by atoms with Crippen LogP contribution in [0.25, 0.3) is 0 Å². The Bertz CT molecular complexity index is 464. The van der Waals surface area contributed by atoms with Gasteiger partial charge in [0.05, 0.1) is 12.7 Å². The number of methoxy groups -OCH3 is 1.